The van der Waals surface area contributed by atoms with E-state index in [0.29, 0.717) is 17.7 Å². The van der Waals surface area contributed by atoms with E-state index in [2.05, 4.69) is 0 Å². The summed E-state index contributed by atoms with van der Waals surface area (Å²) >= 11 is 6.39. The second-order valence-corrected chi connectivity index (χ2v) is 7.20. The molecule has 1 heterocycles. The molecule has 0 unspecified atom stereocenters. The van der Waals surface area contributed by atoms with Crippen molar-refractivity contribution in [2.24, 2.45) is 0 Å². The van der Waals surface area contributed by atoms with Gasteiger partial charge in [-0.05, 0) is 13.8 Å². The summed E-state index contributed by atoms with van der Waals surface area (Å²) in [5.74, 6) is 0.142. The zero-order chi connectivity index (χ0) is 13.3. The highest BCUT2D eigenvalue weighted by molar-refractivity contribution is 7.89. The van der Waals surface area contributed by atoms with Crippen LogP contribution >= 0.6 is 11.6 Å². The summed E-state index contributed by atoms with van der Waals surface area (Å²) in [5.41, 5.74) is 2.66. The van der Waals surface area contributed by atoms with Gasteiger partial charge in [-0.3, -0.25) is 9.00 Å². The third-order valence-corrected chi connectivity index (χ3v) is 5.87. The van der Waals surface area contributed by atoms with Crippen molar-refractivity contribution in [3.05, 3.63) is 47.0 Å². The molecule has 0 fully saturated rings. The van der Waals surface area contributed by atoms with E-state index >= 15 is 0 Å². The van der Waals surface area contributed by atoms with Crippen LogP contribution in [0.2, 0.25) is 0 Å². The van der Waals surface area contributed by atoms with Gasteiger partial charge < -0.3 is 0 Å². The van der Waals surface area contributed by atoms with Gasteiger partial charge in [0.05, 0.1) is 10.8 Å². The van der Waals surface area contributed by atoms with E-state index in [9.17, 15) is 9.00 Å². The third-order valence-electron chi connectivity index (χ3n) is 3.30. The molecule has 0 saturated heterocycles. The molecule has 2 rings (SSSR count). The van der Waals surface area contributed by atoms with Gasteiger partial charge >= 0.3 is 0 Å². The van der Waals surface area contributed by atoms with Crippen molar-refractivity contribution in [1.82, 2.24) is 0 Å². The molecule has 2 nitrogen and oxygen atoms in total. The fraction of sp³-hybridized carbons (Fsp3) is 0.357. The molecule has 0 bridgehead atoms. The molecule has 0 radical (unpaired) electrons. The van der Waals surface area contributed by atoms with Crippen LogP contribution in [0.25, 0.3) is 0 Å². The second-order valence-electron chi connectivity index (χ2n) is 4.65. The Kier molecular flexibility index (Phi) is 3.74. The van der Waals surface area contributed by atoms with Gasteiger partial charge in [-0.25, -0.2) is 0 Å². The van der Waals surface area contributed by atoms with E-state index in [-0.39, 0.29) is 5.78 Å². The van der Waals surface area contributed by atoms with Crippen molar-refractivity contribution >= 4 is 28.2 Å². The summed E-state index contributed by atoms with van der Waals surface area (Å²) in [6.07, 6.45) is 0.362. The molecule has 18 heavy (non-hydrogen) atoms. The van der Waals surface area contributed by atoms with Crippen LogP contribution in [-0.2, 0) is 10.8 Å². The number of hydrogen-bond acceptors (Lipinski definition) is 2. The molecule has 2 atom stereocenters. The molecule has 4 heteroatoms. The number of alkyl halides is 1. The molecule has 0 aliphatic carbocycles. The second kappa shape index (κ2) is 4.98. The summed E-state index contributed by atoms with van der Waals surface area (Å²) in [4.78, 5) is 12.4. The highest BCUT2D eigenvalue weighted by Crippen LogP contribution is 2.37. The van der Waals surface area contributed by atoms with Gasteiger partial charge in [0.1, 0.15) is 0 Å². The van der Waals surface area contributed by atoms with Crippen LogP contribution in [0.1, 0.15) is 30.6 Å². The van der Waals surface area contributed by atoms with E-state index in [0.717, 1.165) is 11.1 Å². The predicted molar refractivity (Wildman–Crippen MR) is 75.4 cm³/mol. The lowest BCUT2D eigenvalue weighted by Crippen LogP contribution is -2.41. The van der Waals surface area contributed by atoms with Gasteiger partial charge in [0, 0.05) is 17.7 Å². The van der Waals surface area contributed by atoms with Crippen LogP contribution in [0.3, 0.4) is 0 Å². The smallest absolute Gasteiger partial charge is 0.196 e. The minimum atomic E-state index is -1.37. The van der Waals surface area contributed by atoms with Crippen LogP contribution in [0.4, 0.5) is 0 Å². The number of halogens is 1. The molecule has 0 N–H and O–H groups in total. The third kappa shape index (κ3) is 2.29. The lowest BCUT2D eigenvalue weighted by Gasteiger charge is -2.30. The van der Waals surface area contributed by atoms with Crippen molar-refractivity contribution in [2.75, 3.05) is 5.75 Å². The molecule has 0 aromatic heterocycles. The van der Waals surface area contributed by atoms with Gasteiger partial charge in [-0.15, -0.1) is 0 Å². The predicted octanol–water partition coefficient (Wildman–Crippen LogP) is 3.29. The van der Waals surface area contributed by atoms with Crippen LogP contribution in [-0.4, -0.2) is 20.0 Å². The molecule has 96 valence electrons. The average Bonchev–Trinajstić information content (AvgIpc) is 2.37. The molecule has 1 aliphatic rings. The SMILES string of the molecule is CC1=C(C)C[C@](Cl)(C(=O)c2ccccc2)[S@@](=O)C1. The van der Waals surface area contributed by atoms with Gasteiger partial charge in [-0.1, -0.05) is 53.1 Å². The van der Waals surface area contributed by atoms with Crippen LogP contribution < -0.4 is 0 Å². The zero-order valence-electron chi connectivity index (χ0n) is 10.4. The number of carbonyl (C=O) groups excluding carboxylic acids is 1. The van der Waals surface area contributed by atoms with E-state index < -0.39 is 15.0 Å². The largest absolute Gasteiger partial charge is 0.291 e. The van der Waals surface area contributed by atoms with Gasteiger partial charge in [0.15, 0.2) is 9.99 Å². The average molecular weight is 283 g/mol. The number of rotatable bonds is 2. The molecule has 0 saturated carbocycles. The Hall–Kier alpha value is -0.930. The molecule has 1 aromatic carbocycles. The number of carbonyl (C=O) groups is 1. The first-order chi connectivity index (χ1) is 8.45. The number of Topliss-reactive ketones (excluding diaryl/α,β-unsaturated/α-hetero) is 1. The minimum absolute atomic E-state index is 0.241. The Labute approximate surface area is 114 Å². The maximum Gasteiger partial charge on any atom is 0.196 e. The molecule has 0 amide bonds. The van der Waals surface area contributed by atoms with Crippen molar-refractivity contribution in [3.8, 4) is 0 Å². The standard InChI is InChI=1S/C14H15ClO2S/c1-10-8-14(15,18(17)9-11(10)2)13(16)12-6-4-3-5-7-12/h3-7H,8-9H2,1-2H3/t14-,18+/m1/s1. The summed E-state index contributed by atoms with van der Waals surface area (Å²) in [6.45, 7) is 3.89. The van der Waals surface area contributed by atoms with Crippen LogP contribution in [0, 0.1) is 0 Å². The zero-order valence-corrected chi connectivity index (χ0v) is 12.0. The molecule has 0 spiro atoms. The highest BCUT2D eigenvalue weighted by atomic mass is 35.5. The van der Waals surface area contributed by atoms with Gasteiger partial charge in [0.2, 0.25) is 0 Å². The minimum Gasteiger partial charge on any atom is -0.291 e. The van der Waals surface area contributed by atoms with Gasteiger partial charge in [-0.2, -0.15) is 0 Å². The van der Waals surface area contributed by atoms with E-state index in [1.807, 2.05) is 19.9 Å². The monoisotopic (exact) mass is 282 g/mol. The lowest BCUT2D eigenvalue weighted by molar-refractivity contribution is 0.0973. The van der Waals surface area contributed by atoms with Crippen molar-refractivity contribution in [3.63, 3.8) is 0 Å². The van der Waals surface area contributed by atoms with Gasteiger partial charge in [0.25, 0.3) is 0 Å². The topological polar surface area (TPSA) is 34.1 Å². The van der Waals surface area contributed by atoms with Crippen molar-refractivity contribution in [1.29, 1.82) is 0 Å². The summed E-state index contributed by atoms with van der Waals surface area (Å²) in [5, 5.41) is 0. The molecular weight excluding hydrogens is 268 g/mol. The Morgan fingerprint density at radius 3 is 2.44 bits per heavy atom. The number of benzene rings is 1. The Morgan fingerprint density at radius 2 is 1.83 bits per heavy atom. The maximum atomic E-state index is 12.4. The quantitative estimate of drug-likeness (QED) is 0.474. The number of ketones is 1. The Morgan fingerprint density at radius 1 is 1.22 bits per heavy atom. The van der Waals surface area contributed by atoms with E-state index in [4.69, 9.17) is 11.6 Å². The van der Waals surface area contributed by atoms with Crippen LogP contribution in [0.15, 0.2) is 41.5 Å². The van der Waals surface area contributed by atoms with Crippen LogP contribution in [0.5, 0.6) is 0 Å². The van der Waals surface area contributed by atoms with Crippen molar-refractivity contribution in [2.45, 2.75) is 24.5 Å². The van der Waals surface area contributed by atoms with E-state index in [1.165, 1.54) is 0 Å². The summed E-state index contributed by atoms with van der Waals surface area (Å²) in [6, 6.07) is 8.83. The Bertz CT molecular complexity index is 536. The number of hydrogen-bond donors (Lipinski definition) is 0. The summed E-state index contributed by atoms with van der Waals surface area (Å²) in [7, 11) is -1.37. The van der Waals surface area contributed by atoms with Crippen molar-refractivity contribution < 1.29 is 9.00 Å². The maximum absolute atomic E-state index is 12.4. The first-order valence-electron chi connectivity index (χ1n) is 5.77. The normalized spacial score (nSPS) is 28.3. The Balaban J connectivity index is 2.38. The molecule has 1 aliphatic heterocycles. The fourth-order valence-corrected chi connectivity index (χ4v) is 4.04. The fourth-order valence-electron chi connectivity index (χ4n) is 2.00. The first-order valence-corrected chi connectivity index (χ1v) is 7.47. The number of allylic oxidation sites excluding steroid dienone is 1. The summed E-state index contributed by atoms with van der Waals surface area (Å²) < 4.78 is 10.9. The molecule has 1 aromatic rings. The van der Waals surface area contributed by atoms with E-state index in [1.54, 1.807) is 24.3 Å². The first kappa shape index (κ1) is 13.5. The molecular formula is C14H15ClO2S. The lowest BCUT2D eigenvalue weighted by atomic mass is 9.99. The highest BCUT2D eigenvalue weighted by Gasteiger charge is 2.45.